The molecule has 1 aromatic heterocycles. The number of hydrogen-bond donors (Lipinski definition) is 1. The largest absolute Gasteiger partial charge is 0.450 e. The minimum atomic E-state index is -0.594. The molecular weight excluding hydrogens is 298 g/mol. The number of fused-ring (bicyclic) bond motifs is 3. The number of likely N-dealkylation sites (tertiary alicyclic amines) is 1. The summed E-state index contributed by atoms with van der Waals surface area (Å²) in [5, 5.41) is 0. The van der Waals surface area contributed by atoms with E-state index in [2.05, 4.69) is 4.98 Å². The van der Waals surface area contributed by atoms with E-state index in [0.29, 0.717) is 31.6 Å². The molecule has 120 valence electrons. The molecule has 0 spiro atoms. The Morgan fingerprint density at radius 1 is 1.39 bits per heavy atom. The van der Waals surface area contributed by atoms with Crippen LogP contribution < -0.4 is 11.1 Å². The van der Waals surface area contributed by atoms with Gasteiger partial charge in [0.15, 0.2) is 0 Å². The molecule has 2 aromatic rings. The van der Waals surface area contributed by atoms with E-state index in [-0.39, 0.29) is 18.1 Å². The van der Waals surface area contributed by atoms with E-state index in [1.165, 1.54) is 0 Å². The van der Waals surface area contributed by atoms with Crippen LogP contribution in [0.5, 0.6) is 0 Å². The zero-order chi connectivity index (χ0) is 16.1. The zero-order valence-corrected chi connectivity index (χ0v) is 12.7. The number of carbonyl (C=O) groups excluding carboxylic acids is 1. The molecule has 1 fully saturated rings. The third-order valence-electron chi connectivity index (χ3n) is 4.80. The summed E-state index contributed by atoms with van der Waals surface area (Å²) in [5.41, 5.74) is 1.36. The van der Waals surface area contributed by atoms with Crippen LogP contribution in [-0.4, -0.2) is 40.2 Å². The standard InChI is InChI=1S/C16H17N3O4/c1-2-23-16(22)18-7-6-12-10(8-18)9-4-3-5-11-13(9)19(12)15(21)14(20)17-11/h3-5,10,12H,2,6-8H2,1H3,(H,17,20)/t10-,12-/m0/s1. The van der Waals surface area contributed by atoms with Gasteiger partial charge < -0.3 is 14.6 Å². The van der Waals surface area contributed by atoms with Crippen molar-refractivity contribution in [2.24, 2.45) is 0 Å². The molecule has 23 heavy (non-hydrogen) atoms. The maximum absolute atomic E-state index is 12.3. The van der Waals surface area contributed by atoms with Crippen LogP contribution in [0.4, 0.5) is 4.79 Å². The van der Waals surface area contributed by atoms with Crippen LogP contribution in [0.2, 0.25) is 0 Å². The van der Waals surface area contributed by atoms with Crippen LogP contribution in [0.25, 0.3) is 11.0 Å². The maximum atomic E-state index is 12.3. The number of amides is 1. The Bertz CT molecular complexity index is 914. The third-order valence-corrected chi connectivity index (χ3v) is 4.80. The van der Waals surface area contributed by atoms with Crippen LogP contribution in [0.3, 0.4) is 0 Å². The Balaban J connectivity index is 1.82. The van der Waals surface area contributed by atoms with E-state index in [1.807, 2.05) is 12.1 Å². The lowest BCUT2D eigenvalue weighted by Crippen LogP contribution is -2.45. The van der Waals surface area contributed by atoms with E-state index in [0.717, 1.165) is 11.1 Å². The summed E-state index contributed by atoms with van der Waals surface area (Å²) in [7, 11) is 0. The number of nitrogens with one attached hydrogen (secondary N) is 1. The van der Waals surface area contributed by atoms with Crippen molar-refractivity contribution in [3.8, 4) is 0 Å². The van der Waals surface area contributed by atoms with Gasteiger partial charge in [-0.3, -0.25) is 14.2 Å². The monoisotopic (exact) mass is 315 g/mol. The van der Waals surface area contributed by atoms with Gasteiger partial charge in [-0.2, -0.15) is 0 Å². The number of para-hydroxylation sites is 1. The van der Waals surface area contributed by atoms with E-state index >= 15 is 0 Å². The van der Waals surface area contributed by atoms with E-state index in [9.17, 15) is 14.4 Å². The van der Waals surface area contributed by atoms with Crippen molar-refractivity contribution in [2.45, 2.75) is 25.3 Å². The van der Waals surface area contributed by atoms with Gasteiger partial charge in [0.25, 0.3) is 0 Å². The molecule has 0 saturated carbocycles. The van der Waals surface area contributed by atoms with Crippen LogP contribution in [0, 0.1) is 0 Å². The number of benzene rings is 1. The van der Waals surface area contributed by atoms with Gasteiger partial charge in [-0.1, -0.05) is 12.1 Å². The number of ether oxygens (including phenoxy) is 1. The average molecular weight is 315 g/mol. The second-order valence-electron chi connectivity index (χ2n) is 5.98. The van der Waals surface area contributed by atoms with Crippen LogP contribution in [-0.2, 0) is 4.74 Å². The Morgan fingerprint density at radius 2 is 2.22 bits per heavy atom. The molecule has 7 heteroatoms. The minimum Gasteiger partial charge on any atom is -0.450 e. The Labute approximate surface area is 131 Å². The number of H-pyrrole nitrogens is 1. The van der Waals surface area contributed by atoms with Gasteiger partial charge >= 0.3 is 17.2 Å². The second kappa shape index (κ2) is 4.97. The van der Waals surface area contributed by atoms with Gasteiger partial charge in [-0.25, -0.2) is 4.79 Å². The molecule has 1 amide bonds. The molecule has 1 saturated heterocycles. The van der Waals surface area contributed by atoms with Crippen molar-refractivity contribution in [1.29, 1.82) is 0 Å². The lowest BCUT2D eigenvalue weighted by atomic mass is 9.89. The molecule has 0 aliphatic carbocycles. The smallest absolute Gasteiger partial charge is 0.409 e. The van der Waals surface area contributed by atoms with Gasteiger partial charge in [0.1, 0.15) is 0 Å². The van der Waals surface area contributed by atoms with Crippen molar-refractivity contribution in [3.05, 3.63) is 44.5 Å². The van der Waals surface area contributed by atoms with Gasteiger partial charge in [-0.05, 0) is 25.0 Å². The van der Waals surface area contributed by atoms with E-state index < -0.39 is 11.1 Å². The average Bonchev–Trinajstić information content (AvgIpc) is 2.88. The SMILES string of the molecule is CCOC(=O)N1CC[C@H]2[C@@H](C1)c1cccc3[nH]c(=O)c(=O)n2c13. The normalized spacial score (nSPS) is 22.2. The van der Waals surface area contributed by atoms with Crippen molar-refractivity contribution in [2.75, 3.05) is 19.7 Å². The summed E-state index contributed by atoms with van der Waals surface area (Å²) >= 11 is 0. The molecule has 2 atom stereocenters. The zero-order valence-electron chi connectivity index (χ0n) is 12.7. The highest BCUT2D eigenvalue weighted by atomic mass is 16.6. The van der Waals surface area contributed by atoms with Crippen LogP contribution in [0.15, 0.2) is 27.8 Å². The van der Waals surface area contributed by atoms with Crippen molar-refractivity contribution < 1.29 is 9.53 Å². The highest BCUT2D eigenvalue weighted by molar-refractivity contribution is 5.81. The molecule has 0 radical (unpaired) electrons. The first-order valence-electron chi connectivity index (χ1n) is 7.81. The van der Waals surface area contributed by atoms with Gasteiger partial charge in [0.05, 0.1) is 17.6 Å². The van der Waals surface area contributed by atoms with Crippen LogP contribution >= 0.6 is 0 Å². The molecule has 7 nitrogen and oxygen atoms in total. The quantitative estimate of drug-likeness (QED) is 0.801. The molecule has 1 aromatic carbocycles. The molecule has 3 heterocycles. The number of aromatic nitrogens is 2. The summed E-state index contributed by atoms with van der Waals surface area (Å²) in [6, 6.07) is 5.57. The number of aromatic amines is 1. The van der Waals surface area contributed by atoms with Crippen molar-refractivity contribution >= 4 is 17.1 Å². The molecule has 2 aliphatic rings. The Hall–Kier alpha value is -2.57. The molecule has 1 N–H and O–H groups in total. The first-order chi connectivity index (χ1) is 11.1. The fourth-order valence-electron chi connectivity index (χ4n) is 3.87. The van der Waals surface area contributed by atoms with Crippen LogP contribution in [0.1, 0.15) is 30.9 Å². The highest BCUT2D eigenvalue weighted by Crippen LogP contribution is 2.44. The first kappa shape index (κ1) is 14.0. The molecule has 4 rings (SSSR count). The topological polar surface area (TPSA) is 84.4 Å². The molecule has 0 unspecified atom stereocenters. The van der Waals surface area contributed by atoms with E-state index in [1.54, 1.807) is 22.5 Å². The van der Waals surface area contributed by atoms with Gasteiger partial charge in [-0.15, -0.1) is 0 Å². The summed E-state index contributed by atoms with van der Waals surface area (Å²) < 4.78 is 6.71. The summed E-state index contributed by atoms with van der Waals surface area (Å²) in [6.45, 7) is 3.14. The Kier molecular flexibility index (Phi) is 3.04. The van der Waals surface area contributed by atoms with Crippen molar-refractivity contribution in [3.63, 3.8) is 0 Å². The maximum Gasteiger partial charge on any atom is 0.409 e. The van der Waals surface area contributed by atoms with Gasteiger partial charge in [0.2, 0.25) is 0 Å². The summed E-state index contributed by atoms with van der Waals surface area (Å²) in [5.74, 6) is 0.0137. The lowest BCUT2D eigenvalue weighted by molar-refractivity contribution is 0.0883. The number of hydrogen-bond acceptors (Lipinski definition) is 4. The fraction of sp³-hybridized carbons (Fsp3) is 0.438. The summed E-state index contributed by atoms with van der Waals surface area (Å²) in [4.78, 5) is 40.6. The lowest BCUT2D eigenvalue weighted by Gasteiger charge is -2.35. The highest BCUT2D eigenvalue weighted by Gasteiger charge is 2.41. The Morgan fingerprint density at radius 3 is 3.00 bits per heavy atom. The predicted molar refractivity (Wildman–Crippen MR) is 83.8 cm³/mol. The molecule has 2 aliphatic heterocycles. The second-order valence-corrected chi connectivity index (χ2v) is 5.98. The number of carbonyl (C=O) groups is 1. The third kappa shape index (κ3) is 1.92. The minimum absolute atomic E-state index is 0.0137. The van der Waals surface area contributed by atoms with Crippen molar-refractivity contribution in [1.82, 2.24) is 14.5 Å². The van der Waals surface area contributed by atoms with Gasteiger partial charge in [0, 0.05) is 25.0 Å². The van der Waals surface area contributed by atoms with E-state index in [4.69, 9.17) is 4.74 Å². The number of piperidine rings is 1. The number of nitrogens with zero attached hydrogens (tertiary/aromatic N) is 2. The number of rotatable bonds is 1. The molecular formula is C16H17N3O4. The summed E-state index contributed by atoms with van der Waals surface area (Å²) in [6.07, 6.45) is 0.314. The molecule has 0 bridgehead atoms. The predicted octanol–water partition coefficient (Wildman–Crippen LogP) is 1.19. The fourth-order valence-corrected chi connectivity index (χ4v) is 3.87. The first-order valence-corrected chi connectivity index (χ1v) is 7.81.